The van der Waals surface area contributed by atoms with E-state index in [0.29, 0.717) is 0 Å². The van der Waals surface area contributed by atoms with Crippen LogP contribution >= 0.6 is 0 Å². The Morgan fingerprint density at radius 3 is 2.50 bits per heavy atom. The second-order valence-electron chi connectivity index (χ2n) is 6.24. The molecule has 0 aliphatic heterocycles. The minimum absolute atomic E-state index is 0.0282. The molecular weight excluding hydrogens is 250 g/mol. The predicted molar refractivity (Wildman–Crippen MR) is 84.9 cm³/mol. The molecule has 1 aromatic carbocycles. The van der Waals surface area contributed by atoms with E-state index in [1.54, 1.807) is 7.11 Å². The first kappa shape index (κ1) is 16.8. The average molecular weight is 279 g/mol. The van der Waals surface area contributed by atoms with Gasteiger partial charge in [0.15, 0.2) is 0 Å². The summed E-state index contributed by atoms with van der Waals surface area (Å²) in [4.78, 5) is 0. The zero-order valence-electron chi connectivity index (χ0n) is 13.7. The SMILES string of the molecule is CCCNCC(C)Oc1ccc(OC)cc1C(C)(C)C. The van der Waals surface area contributed by atoms with Gasteiger partial charge in [0.2, 0.25) is 0 Å². The van der Waals surface area contributed by atoms with Crippen molar-refractivity contribution in [1.29, 1.82) is 0 Å². The first-order valence-electron chi connectivity index (χ1n) is 7.44. The molecule has 1 aromatic rings. The monoisotopic (exact) mass is 279 g/mol. The maximum atomic E-state index is 6.10. The van der Waals surface area contributed by atoms with Crippen LogP contribution in [0.2, 0.25) is 0 Å². The van der Waals surface area contributed by atoms with Crippen LogP contribution in [0.5, 0.6) is 11.5 Å². The highest BCUT2D eigenvalue weighted by Gasteiger charge is 2.21. The summed E-state index contributed by atoms with van der Waals surface area (Å²) in [5, 5.41) is 3.39. The quantitative estimate of drug-likeness (QED) is 0.771. The smallest absolute Gasteiger partial charge is 0.123 e. The van der Waals surface area contributed by atoms with Gasteiger partial charge in [-0.1, -0.05) is 27.7 Å². The maximum Gasteiger partial charge on any atom is 0.123 e. The van der Waals surface area contributed by atoms with Crippen molar-refractivity contribution < 1.29 is 9.47 Å². The van der Waals surface area contributed by atoms with E-state index in [-0.39, 0.29) is 11.5 Å². The van der Waals surface area contributed by atoms with E-state index in [4.69, 9.17) is 9.47 Å². The third kappa shape index (κ3) is 5.04. The Morgan fingerprint density at radius 1 is 1.25 bits per heavy atom. The second-order valence-corrected chi connectivity index (χ2v) is 6.24. The molecule has 0 aromatic heterocycles. The van der Waals surface area contributed by atoms with Crippen molar-refractivity contribution in [2.24, 2.45) is 0 Å². The first-order chi connectivity index (χ1) is 9.38. The van der Waals surface area contributed by atoms with Crippen molar-refractivity contribution in [1.82, 2.24) is 5.32 Å². The van der Waals surface area contributed by atoms with Crippen molar-refractivity contribution >= 4 is 0 Å². The highest BCUT2D eigenvalue weighted by atomic mass is 16.5. The Balaban J connectivity index is 2.83. The Labute approximate surface area is 123 Å². The van der Waals surface area contributed by atoms with E-state index in [2.05, 4.69) is 46.0 Å². The Bertz CT molecular complexity index is 410. The van der Waals surface area contributed by atoms with Crippen LogP contribution in [0.15, 0.2) is 18.2 Å². The molecule has 0 aliphatic rings. The highest BCUT2D eigenvalue weighted by molar-refractivity contribution is 5.44. The lowest BCUT2D eigenvalue weighted by atomic mass is 9.86. The molecule has 114 valence electrons. The minimum atomic E-state index is 0.0282. The largest absolute Gasteiger partial charge is 0.497 e. The van der Waals surface area contributed by atoms with Crippen LogP contribution in [0, 0.1) is 0 Å². The molecule has 0 radical (unpaired) electrons. The van der Waals surface area contributed by atoms with Crippen molar-refractivity contribution in [3.8, 4) is 11.5 Å². The van der Waals surface area contributed by atoms with E-state index in [1.807, 2.05) is 12.1 Å². The fourth-order valence-electron chi connectivity index (χ4n) is 2.07. The summed E-state index contributed by atoms with van der Waals surface area (Å²) in [5.74, 6) is 1.82. The molecule has 3 nitrogen and oxygen atoms in total. The molecule has 0 bridgehead atoms. The van der Waals surface area contributed by atoms with Crippen molar-refractivity contribution in [2.45, 2.75) is 52.6 Å². The van der Waals surface area contributed by atoms with Crippen LogP contribution in [0.4, 0.5) is 0 Å². The molecule has 0 saturated heterocycles. The lowest BCUT2D eigenvalue weighted by Gasteiger charge is -2.25. The minimum Gasteiger partial charge on any atom is -0.497 e. The van der Waals surface area contributed by atoms with Crippen LogP contribution < -0.4 is 14.8 Å². The van der Waals surface area contributed by atoms with Gasteiger partial charge in [0.05, 0.1) is 7.11 Å². The molecule has 3 heteroatoms. The van der Waals surface area contributed by atoms with E-state index in [9.17, 15) is 0 Å². The van der Waals surface area contributed by atoms with E-state index < -0.39 is 0 Å². The van der Waals surface area contributed by atoms with Crippen LogP contribution in [0.25, 0.3) is 0 Å². The summed E-state index contributed by atoms with van der Waals surface area (Å²) in [5.41, 5.74) is 1.21. The summed E-state index contributed by atoms with van der Waals surface area (Å²) in [6.07, 6.45) is 1.29. The van der Waals surface area contributed by atoms with Crippen LogP contribution in [0.3, 0.4) is 0 Å². The number of hydrogen-bond acceptors (Lipinski definition) is 3. The Hall–Kier alpha value is -1.22. The van der Waals surface area contributed by atoms with E-state index >= 15 is 0 Å². The standard InChI is InChI=1S/C17H29NO2/c1-7-10-18-12-13(2)20-16-9-8-14(19-6)11-15(16)17(3,4)5/h8-9,11,13,18H,7,10,12H2,1-6H3. The van der Waals surface area contributed by atoms with Gasteiger partial charge < -0.3 is 14.8 Å². The lowest BCUT2D eigenvalue weighted by Crippen LogP contribution is -2.30. The van der Waals surface area contributed by atoms with Crippen molar-refractivity contribution in [3.05, 3.63) is 23.8 Å². The fraction of sp³-hybridized carbons (Fsp3) is 0.647. The number of nitrogens with one attached hydrogen (secondary N) is 1. The number of hydrogen-bond donors (Lipinski definition) is 1. The molecule has 0 fully saturated rings. The number of rotatable bonds is 7. The normalized spacial score (nSPS) is 13.1. The van der Waals surface area contributed by atoms with Gasteiger partial charge in [-0.05, 0) is 43.5 Å². The average Bonchev–Trinajstić information content (AvgIpc) is 2.38. The highest BCUT2D eigenvalue weighted by Crippen LogP contribution is 2.34. The molecule has 0 aliphatic carbocycles. The van der Waals surface area contributed by atoms with Crippen LogP contribution in [0.1, 0.15) is 46.6 Å². The van der Waals surface area contributed by atoms with Crippen molar-refractivity contribution in [3.63, 3.8) is 0 Å². The number of ether oxygens (including phenoxy) is 2. The summed E-state index contributed by atoms with van der Waals surface area (Å²) in [6.45, 7) is 12.7. The third-order valence-electron chi connectivity index (χ3n) is 3.18. The van der Waals surface area contributed by atoms with Crippen LogP contribution in [-0.2, 0) is 5.41 Å². The third-order valence-corrected chi connectivity index (χ3v) is 3.18. The molecule has 0 heterocycles. The molecule has 20 heavy (non-hydrogen) atoms. The maximum absolute atomic E-state index is 6.10. The van der Waals surface area contributed by atoms with Gasteiger partial charge in [-0.15, -0.1) is 0 Å². The van der Waals surface area contributed by atoms with Gasteiger partial charge >= 0.3 is 0 Å². The summed E-state index contributed by atoms with van der Waals surface area (Å²) < 4.78 is 11.4. The van der Waals surface area contributed by atoms with Crippen molar-refractivity contribution in [2.75, 3.05) is 20.2 Å². The van der Waals surface area contributed by atoms with Gasteiger partial charge in [0.25, 0.3) is 0 Å². The first-order valence-corrected chi connectivity index (χ1v) is 7.44. The zero-order chi connectivity index (χ0) is 15.2. The summed E-state index contributed by atoms with van der Waals surface area (Å²) in [7, 11) is 1.69. The molecule has 1 N–H and O–H groups in total. The number of benzene rings is 1. The number of methoxy groups -OCH3 is 1. The zero-order valence-corrected chi connectivity index (χ0v) is 13.7. The van der Waals surface area contributed by atoms with Gasteiger partial charge in [0.1, 0.15) is 17.6 Å². The molecule has 0 amide bonds. The Kier molecular flexibility index (Phi) is 6.34. The fourth-order valence-corrected chi connectivity index (χ4v) is 2.07. The second kappa shape index (κ2) is 7.53. The van der Waals surface area contributed by atoms with Gasteiger partial charge in [-0.2, -0.15) is 0 Å². The molecule has 1 atom stereocenters. The van der Waals surface area contributed by atoms with Gasteiger partial charge in [-0.3, -0.25) is 0 Å². The van der Waals surface area contributed by atoms with Gasteiger partial charge in [0, 0.05) is 12.1 Å². The molecule has 1 rings (SSSR count). The lowest BCUT2D eigenvalue weighted by molar-refractivity contribution is 0.212. The molecular formula is C17H29NO2. The predicted octanol–water partition coefficient (Wildman–Crippen LogP) is 3.76. The van der Waals surface area contributed by atoms with Gasteiger partial charge in [-0.25, -0.2) is 0 Å². The van der Waals surface area contributed by atoms with E-state index in [1.165, 1.54) is 5.56 Å². The topological polar surface area (TPSA) is 30.5 Å². The summed E-state index contributed by atoms with van der Waals surface area (Å²) >= 11 is 0. The Morgan fingerprint density at radius 2 is 1.95 bits per heavy atom. The van der Waals surface area contributed by atoms with E-state index in [0.717, 1.165) is 31.0 Å². The molecule has 0 spiro atoms. The summed E-state index contributed by atoms with van der Waals surface area (Å²) in [6, 6.07) is 6.04. The van der Waals surface area contributed by atoms with Crippen LogP contribution in [-0.4, -0.2) is 26.3 Å². The molecule has 1 unspecified atom stereocenters. The molecule has 0 saturated carbocycles.